The number of hydrogen-bond donors (Lipinski definition) is 0. The van der Waals surface area contributed by atoms with Crippen LogP contribution in [0.15, 0.2) is 22.8 Å². The van der Waals surface area contributed by atoms with Gasteiger partial charge < -0.3 is 0 Å². The first kappa shape index (κ1) is 13.7. The number of aromatic nitrogens is 3. The summed E-state index contributed by atoms with van der Waals surface area (Å²) in [6.07, 6.45) is 1.68. The zero-order valence-electron chi connectivity index (χ0n) is 9.78. The van der Waals surface area contributed by atoms with Crippen molar-refractivity contribution in [3.05, 3.63) is 38.7 Å². The molecule has 0 aliphatic rings. The molecule has 0 saturated heterocycles. The van der Waals surface area contributed by atoms with Crippen molar-refractivity contribution in [3.63, 3.8) is 0 Å². The Morgan fingerprint density at radius 1 is 1.11 bits per heavy atom. The molecule has 18 heavy (non-hydrogen) atoms. The summed E-state index contributed by atoms with van der Waals surface area (Å²) in [5.74, 6) is 0.610. The van der Waals surface area contributed by atoms with Gasteiger partial charge in [-0.25, -0.2) is 9.97 Å². The molecule has 3 nitrogen and oxygen atoms in total. The van der Waals surface area contributed by atoms with Crippen LogP contribution in [0.5, 0.6) is 0 Å². The molecule has 0 bridgehead atoms. The molecule has 2 aromatic rings. The summed E-state index contributed by atoms with van der Waals surface area (Å²) in [6, 6.07) is 3.67. The lowest BCUT2D eigenvalue weighted by Gasteiger charge is -2.10. The van der Waals surface area contributed by atoms with Gasteiger partial charge in [-0.2, -0.15) is 0 Å². The van der Waals surface area contributed by atoms with Gasteiger partial charge in [-0.05, 0) is 34.0 Å². The van der Waals surface area contributed by atoms with Crippen LogP contribution in [-0.2, 0) is 0 Å². The second-order valence-electron chi connectivity index (χ2n) is 4.06. The molecule has 0 radical (unpaired) electrons. The van der Waals surface area contributed by atoms with E-state index in [4.69, 9.17) is 23.2 Å². The molecule has 0 amide bonds. The number of pyridine rings is 1. The molecule has 2 aromatic heterocycles. The number of halogens is 3. The van der Waals surface area contributed by atoms with Gasteiger partial charge >= 0.3 is 0 Å². The predicted molar refractivity (Wildman–Crippen MR) is 77.1 cm³/mol. The maximum Gasteiger partial charge on any atom is 0.181 e. The predicted octanol–water partition coefficient (Wildman–Crippen LogP) is 4.73. The topological polar surface area (TPSA) is 38.7 Å². The molecule has 0 aliphatic carbocycles. The van der Waals surface area contributed by atoms with Crippen molar-refractivity contribution in [3.8, 4) is 11.5 Å². The van der Waals surface area contributed by atoms with Gasteiger partial charge in [0.05, 0.1) is 0 Å². The molecule has 0 atom stereocenters. The third-order valence-electron chi connectivity index (χ3n) is 2.39. The van der Waals surface area contributed by atoms with E-state index < -0.39 is 0 Å². The lowest BCUT2D eigenvalue weighted by Crippen LogP contribution is -2.00. The van der Waals surface area contributed by atoms with Gasteiger partial charge in [0.2, 0.25) is 0 Å². The van der Waals surface area contributed by atoms with E-state index in [1.807, 2.05) is 19.9 Å². The molecule has 0 N–H and O–H groups in total. The van der Waals surface area contributed by atoms with Gasteiger partial charge in [-0.3, -0.25) is 4.98 Å². The van der Waals surface area contributed by atoms with Gasteiger partial charge in [0.15, 0.2) is 5.82 Å². The third kappa shape index (κ3) is 2.82. The summed E-state index contributed by atoms with van der Waals surface area (Å²) < 4.78 is 0.891. The van der Waals surface area contributed by atoms with E-state index >= 15 is 0 Å². The van der Waals surface area contributed by atoms with Crippen molar-refractivity contribution in [2.75, 3.05) is 0 Å². The van der Waals surface area contributed by atoms with Gasteiger partial charge in [0.1, 0.15) is 16.0 Å². The van der Waals surface area contributed by atoms with Crippen LogP contribution >= 0.6 is 39.1 Å². The maximum atomic E-state index is 6.14. The SMILES string of the molecule is CC(C)c1c(Cl)nc(-c2ccc(Br)cn2)nc1Cl. The van der Waals surface area contributed by atoms with Crippen LogP contribution in [0.2, 0.25) is 10.3 Å². The van der Waals surface area contributed by atoms with Gasteiger partial charge in [-0.15, -0.1) is 0 Å². The highest BCUT2D eigenvalue weighted by molar-refractivity contribution is 9.10. The highest BCUT2D eigenvalue weighted by atomic mass is 79.9. The highest BCUT2D eigenvalue weighted by Gasteiger charge is 2.15. The van der Waals surface area contributed by atoms with E-state index in [1.165, 1.54) is 0 Å². The van der Waals surface area contributed by atoms with Crippen LogP contribution in [0.3, 0.4) is 0 Å². The first-order valence-electron chi connectivity index (χ1n) is 5.34. The molecule has 2 rings (SSSR count). The molecule has 0 fully saturated rings. The number of nitrogens with zero attached hydrogens (tertiary/aromatic N) is 3. The van der Waals surface area contributed by atoms with Gasteiger partial charge in [-0.1, -0.05) is 37.0 Å². The summed E-state index contributed by atoms with van der Waals surface area (Å²) in [4.78, 5) is 12.7. The lowest BCUT2D eigenvalue weighted by molar-refractivity contribution is 0.847. The Kier molecular flexibility index (Phi) is 4.20. The van der Waals surface area contributed by atoms with Crippen LogP contribution < -0.4 is 0 Å². The van der Waals surface area contributed by atoms with E-state index in [-0.39, 0.29) is 5.92 Å². The molecule has 2 heterocycles. The molecule has 0 saturated carbocycles. The summed E-state index contributed by atoms with van der Waals surface area (Å²) in [7, 11) is 0. The van der Waals surface area contributed by atoms with Gasteiger partial charge in [0, 0.05) is 16.2 Å². The number of hydrogen-bond acceptors (Lipinski definition) is 3. The molecule has 94 valence electrons. The summed E-state index contributed by atoms with van der Waals surface area (Å²) >= 11 is 15.6. The second-order valence-corrected chi connectivity index (χ2v) is 5.69. The van der Waals surface area contributed by atoms with Crippen molar-refractivity contribution in [1.29, 1.82) is 0 Å². The lowest BCUT2D eigenvalue weighted by atomic mass is 10.1. The number of rotatable bonds is 2. The Morgan fingerprint density at radius 3 is 2.17 bits per heavy atom. The van der Waals surface area contributed by atoms with E-state index in [0.29, 0.717) is 21.8 Å². The zero-order chi connectivity index (χ0) is 13.3. The smallest absolute Gasteiger partial charge is 0.181 e. The Morgan fingerprint density at radius 2 is 1.72 bits per heavy atom. The van der Waals surface area contributed by atoms with Crippen LogP contribution in [-0.4, -0.2) is 15.0 Å². The van der Waals surface area contributed by atoms with Crippen molar-refractivity contribution < 1.29 is 0 Å². The average molecular weight is 347 g/mol. The summed E-state index contributed by atoms with van der Waals surface area (Å²) in [5, 5.41) is 0.759. The molecule has 0 aliphatic heterocycles. The normalized spacial score (nSPS) is 11.0. The fourth-order valence-corrected chi connectivity index (χ4v) is 2.57. The monoisotopic (exact) mass is 345 g/mol. The molecule has 0 spiro atoms. The highest BCUT2D eigenvalue weighted by Crippen LogP contribution is 2.30. The maximum absolute atomic E-state index is 6.14. The molecule has 0 aromatic carbocycles. The largest absolute Gasteiger partial charge is 0.252 e. The fraction of sp³-hybridized carbons (Fsp3) is 0.250. The summed E-state index contributed by atoms with van der Waals surface area (Å²) in [5.41, 5.74) is 1.40. The van der Waals surface area contributed by atoms with E-state index in [1.54, 1.807) is 12.3 Å². The van der Waals surface area contributed by atoms with Crippen molar-refractivity contribution in [2.45, 2.75) is 19.8 Å². The minimum atomic E-state index is 0.178. The van der Waals surface area contributed by atoms with Crippen LogP contribution in [0, 0.1) is 0 Å². The first-order valence-corrected chi connectivity index (χ1v) is 6.88. The second kappa shape index (κ2) is 5.51. The summed E-state index contributed by atoms with van der Waals surface area (Å²) in [6.45, 7) is 3.99. The van der Waals surface area contributed by atoms with Crippen molar-refractivity contribution in [2.24, 2.45) is 0 Å². The molecule has 0 unspecified atom stereocenters. The van der Waals surface area contributed by atoms with Crippen LogP contribution in [0.4, 0.5) is 0 Å². The van der Waals surface area contributed by atoms with E-state index in [9.17, 15) is 0 Å². The van der Waals surface area contributed by atoms with Crippen molar-refractivity contribution in [1.82, 2.24) is 15.0 Å². The van der Waals surface area contributed by atoms with E-state index in [0.717, 1.165) is 10.0 Å². The Bertz CT molecular complexity index is 547. The fourth-order valence-electron chi connectivity index (χ4n) is 1.52. The quantitative estimate of drug-likeness (QED) is 0.738. The average Bonchev–Trinajstić information content (AvgIpc) is 2.28. The standard InChI is InChI=1S/C12H10BrCl2N3/c1-6(2)9-10(14)17-12(18-11(9)15)8-4-3-7(13)5-16-8/h3-6H,1-2H3. The zero-order valence-corrected chi connectivity index (χ0v) is 12.9. The third-order valence-corrected chi connectivity index (χ3v) is 3.43. The van der Waals surface area contributed by atoms with Crippen molar-refractivity contribution >= 4 is 39.1 Å². The minimum Gasteiger partial charge on any atom is -0.252 e. The van der Waals surface area contributed by atoms with E-state index in [2.05, 4.69) is 30.9 Å². The molecule has 6 heteroatoms. The minimum absolute atomic E-state index is 0.178. The molecular weight excluding hydrogens is 337 g/mol. The van der Waals surface area contributed by atoms with Crippen LogP contribution in [0.1, 0.15) is 25.3 Å². The van der Waals surface area contributed by atoms with Crippen LogP contribution in [0.25, 0.3) is 11.5 Å². The Hall–Kier alpha value is -0.710. The Balaban J connectivity index is 2.51. The van der Waals surface area contributed by atoms with Gasteiger partial charge in [0.25, 0.3) is 0 Å². The molecular formula is C12H10BrCl2N3. The Labute approximate surface area is 124 Å². The first-order chi connectivity index (χ1) is 8.49.